The number of benzene rings is 2. The molecule has 2 N–H and O–H groups in total. The van der Waals surface area contributed by atoms with Gasteiger partial charge in [0.25, 0.3) is 5.91 Å². The van der Waals surface area contributed by atoms with Crippen LogP contribution in [0.1, 0.15) is 34.5 Å². The summed E-state index contributed by atoms with van der Waals surface area (Å²) in [5.74, 6) is -0.127. The van der Waals surface area contributed by atoms with Crippen LogP contribution < -0.4 is 10.6 Å². The van der Waals surface area contributed by atoms with E-state index >= 15 is 0 Å². The molecule has 1 amide bonds. The molecule has 4 heteroatoms. The second-order valence-electron chi connectivity index (χ2n) is 5.05. The molecule has 21 heavy (non-hydrogen) atoms. The fraction of sp³-hybridized carbons (Fsp3) is 0.235. The maximum absolute atomic E-state index is 11.7. The highest BCUT2D eigenvalue weighted by molar-refractivity contribution is 6.33. The lowest BCUT2D eigenvalue weighted by Crippen LogP contribution is -2.18. The normalized spacial score (nSPS) is 11.8. The van der Waals surface area contributed by atoms with Crippen LogP contribution in [0.2, 0.25) is 5.02 Å². The van der Waals surface area contributed by atoms with Crippen LogP contribution in [0.3, 0.4) is 0 Å². The number of carbonyl (C=O) groups excluding carboxylic acids is 1. The van der Waals surface area contributed by atoms with Gasteiger partial charge in [0.05, 0.1) is 10.7 Å². The first kappa shape index (κ1) is 15.4. The van der Waals surface area contributed by atoms with Crippen molar-refractivity contribution in [2.45, 2.75) is 19.9 Å². The summed E-state index contributed by atoms with van der Waals surface area (Å²) in [6.45, 7) is 4.13. The van der Waals surface area contributed by atoms with E-state index in [1.807, 2.05) is 6.07 Å². The minimum Gasteiger partial charge on any atom is -0.377 e. The Morgan fingerprint density at radius 2 is 1.95 bits per heavy atom. The number of carbonyl (C=O) groups is 1. The Kier molecular flexibility index (Phi) is 4.86. The van der Waals surface area contributed by atoms with Crippen LogP contribution in [0.15, 0.2) is 42.5 Å². The van der Waals surface area contributed by atoms with Gasteiger partial charge >= 0.3 is 0 Å². The molecule has 110 valence electrons. The average Bonchev–Trinajstić information content (AvgIpc) is 2.48. The van der Waals surface area contributed by atoms with Crippen LogP contribution in [0.5, 0.6) is 0 Å². The van der Waals surface area contributed by atoms with Crippen molar-refractivity contribution < 1.29 is 4.79 Å². The van der Waals surface area contributed by atoms with Gasteiger partial charge in [-0.3, -0.25) is 4.79 Å². The quantitative estimate of drug-likeness (QED) is 0.889. The van der Waals surface area contributed by atoms with Crippen molar-refractivity contribution in [2.24, 2.45) is 0 Å². The number of rotatable bonds is 4. The van der Waals surface area contributed by atoms with E-state index in [1.54, 1.807) is 25.2 Å². The molecule has 1 unspecified atom stereocenters. The maximum atomic E-state index is 11.7. The summed E-state index contributed by atoms with van der Waals surface area (Å²) < 4.78 is 0. The monoisotopic (exact) mass is 302 g/mol. The van der Waals surface area contributed by atoms with Gasteiger partial charge in [-0.2, -0.15) is 0 Å². The molecule has 0 aliphatic rings. The zero-order valence-electron chi connectivity index (χ0n) is 12.4. The minimum absolute atomic E-state index is 0.0994. The van der Waals surface area contributed by atoms with Crippen LogP contribution >= 0.6 is 11.6 Å². The van der Waals surface area contributed by atoms with E-state index in [2.05, 4.69) is 42.7 Å². The Bertz CT molecular complexity index is 655. The molecule has 0 radical (unpaired) electrons. The minimum atomic E-state index is -0.127. The Hall–Kier alpha value is -2.00. The third-order valence-corrected chi connectivity index (χ3v) is 3.70. The van der Waals surface area contributed by atoms with E-state index in [0.29, 0.717) is 10.6 Å². The molecule has 0 saturated carbocycles. The predicted molar refractivity (Wildman–Crippen MR) is 88.1 cm³/mol. The van der Waals surface area contributed by atoms with Crippen LogP contribution in [0, 0.1) is 6.92 Å². The standard InChI is InChI=1S/C17H19ClN2O/c1-11-5-4-6-13(9-11)12(2)20-16-10-14(17(21)19-3)7-8-15(16)18/h4-10,12,20H,1-3H3,(H,19,21). The molecule has 0 aromatic heterocycles. The van der Waals surface area contributed by atoms with Crippen molar-refractivity contribution in [3.05, 3.63) is 64.2 Å². The first-order valence-corrected chi connectivity index (χ1v) is 7.24. The second-order valence-corrected chi connectivity index (χ2v) is 5.46. The Morgan fingerprint density at radius 3 is 2.62 bits per heavy atom. The summed E-state index contributed by atoms with van der Waals surface area (Å²) in [4.78, 5) is 11.7. The van der Waals surface area contributed by atoms with Crippen LogP contribution in [-0.4, -0.2) is 13.0 Å². The molecule has 0 bridgehead atoms. The van der Waals surface area contributed by atoms with E-state index in [9.17, 15) is 4.79 Å². The number of halogens is 1. The Labute approximate surface area is 130 Å². The summed E-state index contributed by atoms with van der Waals surface area (Å²) in [5.41, 5.74) is 3.73. The van der Waals surface area contributed by atoms with Crippen molar-refractivity contribution in [3.63, 3.8) is 0 Å². The highest BCUT2D eigenvalue weighted by atomic mass is 35.5. The van der Waals surface area contributed by atoms with Crippen molar-refractivity contribution in [1.29, 1.82) is 0 Å². The molecule has 3 nitrogen and oxygen atoms in total. The molecule has 0 heterocycles. The molecular formula is C17H19ClN2O. The third kappa shape index (κ3) is 3.76. The van der Waals surface area contributed by atoms with Gasteiger partial charge in [0.1, 0.15) is 0 Å². The molecule has 0 spiro atoms. The van der Waals surface area contributed by atoms with E-state index in [-0.39, 0.29) is 11.9 Å². The molecular weight excluding hydrogens is 284 g/mol. The highest BCUT2D eigenvalue weighted by Gasteiger charge is 2.11. The van der Waals surface area contributed by atoms with Crippen LogP contribution in [-0.2, 0) is 0 Å². The van der Waals surface area contributed by atoms with Gasteiger partial charge in [-0.05, 0) is 37.6 Å². The van der Waals surface area contributed by atoms with Gasteiger partial charge < -0.3 is 10.6 Å². The zero-order valence-corrected chi connectivity index (χ0v) is 13.2. The summed E-state index contributed by atoms with van der Waals surface area (Å²) in [6, 6.07) is 13.6. The fourth-order valence-electron chi connectivity index (χ4n) is 2.18. The average molecular weight is 303 g/mol. The molecule has 0 fully saturated rings. The van der Waals surface area contributed by atoms with Crippen molar-refractivity contribution in [1.82, 2.24) is 5.32 Å². The van der Waals surface area contributed by atoms with Crippen molar-refractivity contribution >= 4 is 23.2 Å². The third-order valence-electron chi connectivity index (χ3n) is 3.37. The topological polar surface area (TPSA) is 41.1 Å². The first-order chi connectivity index (χ1) is 10.0. The van der Waals surface area contributed by atoms with Gasteiger partial charge in [0.15, 0.2) is 0 Å². The molecule has 0 aliphatic heterocycles. The number of amides is 1. The predicted octanol–water partition coefficient (Wildman–Crippen LogP) is 4.18. The summed E-state index contributed by atoms with van der Waals surface area (Å²) in [5, 5.41) is 6.57. The van der Waals surface area contributed by atoms with E-state index in [0.717, 1.165) is 5.69 Å². The summed E-state index contributed by atoms with van der Waals surface area (Å²) >= 11 is 6.21. The molecule has 0 aliphatic carbocycles. The van der Waals surface area contributed by atoms with E-state index in [4.69, 9.17) is 11.6 Å². The smallest absolute Gasteiger partial charge is 0.251 e. The molecule has 2 rings (SSSR count). The number of anilines is 1. The van der Waals surface area contributed by atoms with Crippen LogP contribution in [0.4, 0.5) is 5.69 Å². The van der Waals surface area contributed by atoms with E-state index in [1.165, 1.54) is 11.1 Å². The second kappa shape index (κ2) is 6.64. The van der Waals surface area contributed by atoms with Crippen LogP contribution in [0.25, 0.3) is 0 Å². The molecule has 1 atom stereocenters. The van der Waals surface area contributed by atoms with Crippen molar-refractivity contribution in [3.8, 4) is 0 Å². The summed E-state index contributed by atoms with van der Waals surface area (Å²) in [7, 11) is 1.61. The Morgan fingerprint density at radius 1 is 1.19 bits per heavy atom. The fourth-order valence-corrected chi connectivity index (χ4v) is 2.35. The van der Waals surface area contributed by atoms with Gasteiger partial charge in [0.2, 0.25) is 0 Å². The number of hydrogen-bond donors (Lipinski definition) is 2. The maximum Gasteiger partial charge on any atom is 0.251 e. The molecule has 2 aromatic rings. The van der Waals surface area contributed by atoms with Gasteiger partial charge in [0, 0.05) is 18.7 Å². The lowest BCUT2D eigenvalue weighted by Gasteiger charge is -2.18. The summed E-state index contributed by atoms with van der Waals surface area (Å²) in [6.07, 6.45) is 0. The molecule has 2 aromatic carbocycles. The Balaban J connectivity index is 2.24. The largest absolute Gasteiger partial charge is 0.377 e. The first-order valence-electron chi connectivity index (χ1n) is 6.86. The molecule has 0 saturated heterocycles. The lowest BCUT2D eigenvalue weighted by atomic mass is 10.1. The van der Waals surface area contributed by atoms with Crippen molar-refractivity contribution in [2.75, 3.05) is 12.4 Å². The van der Waals surface area contributed by atoms with Gasteiger partial charge in [-0.1, -0.05) is 41.4 Å². The number of aryl methyl sites for hydroxylation is 1. The lowest BCUT2D eigenvalue weighted by molar-refractivity contribution is 0.0963. The highest BCUT2D eigenvalue weighted by Crippen LogP contribution is 2.27. The SMILES string of the molecule is CNC(=O)c1ccc(Cl)c(NC(C)c2cccc(C)c2)c1. The number of hydrogen-bond acceptors (Lipinski definition) is 2. The van der Waals surface area contributed by atoms with E-state index < -0.39 is 0 Å². The van der Waals surface area contributed by atoms with Gasteiger partial charge in [-0.15, -0.1) is 0 Å². The van der Waals surface area contributed by atoms with Gasteiger partial charge in [-0.25, -0.2) is 0 Å². The number of nitrogens with one attached hydrogen (secondary N) is 2. The zero-order chi connectivity index (χ0) is 15.4.